The van der Waals surface area contributed by atoms with Gasteiger partial charge in [0.05, 0.1) is 35.8 Å². The summed E-state index contributed by atoms with van der Waals surface area (Å²) >= 11 is 6.72. The number of ether oxygens (including phenoxy) is 1. The van der Waals surface area contributed by atoms with E-state index in [9.17, 15) is 10.1 Å². The zero-order valence-electron chi connectivity index (χ0n) is 25.9. The molecule has 3 aliphatic heterocycles. The van der Waals surface area contributed by atoms with Crippen molar-refractivity contribution in [3.05, 3.63) is 64.8 Å². The van der Waals surface area contributed by atoms with Crippen molar-refractivity contribution in [2.24, 2.45) is 5.92 Å². The molecule has 7 rings (SSSR count). The molecule has 3 aromatic rings. The van der Waals surface area contributed by atoms with Gasteiger partial charge in [-0.25, -0.2) is 0 Å². The minimum absolute atomic E-state index is 0.00351. The van der Waals surface area contributed by atoms with Crippen LogP contribution in [0.2, 0.25) is 5.02 Å². The van der Waals surface area contributed by atoms with Crippen LogP contribution in [0.4, 0.5) is 11.5 Å². The Labute approximate surface area is 270 Å². The Kier molecular flexibility index (Phi) is 8.28. The van der Waals surface area contributed by atoms with Crippen molar-refractivity contribution in [3.8, 4) is 12.1 Å². The number of fused-ring (bicyclic) bond motifs is 2. The summed E-state index contributed by atoms with van der Waals surface area (Å²) in [5.74, 6) is 1.16. The number of carbonyl (C=O) groups is 1. The second kappa shape index (κ2) is 12.5. The van der Waals surface area contributed by atoms with Gasteiger partial charge < -0.3 is 24.3 Å². The first-order chi connectivity index (χ1) is 21.9. The predicted molar refractivity (Wildman–Crippen MR) is 177 cm³/mol. The number of hydrogen-bond acceptors (Lipinski definition) is 8. The van der Waals surface area contributed by atoms with E-state index in [4.69, 9.17) is 26.3 Å². The maximum Gasteiger partial charge on any atom is 0.318 e. The highest BCUT2D eigenvalue weighted by Crippen LogP contribution is 2.39. The number of nitrogens with zero attached hydrogens (tertiary/aromatic N) is 7. The SMILES string of the molecule is C=C(C(=O)N1CCN(c2nc(OC[C@@H]3CCCN3C)nc3c2CCN(c2cccc4cccc(Cl)c24)C3)C[C@@H]1CC#N)C1CC1. The van der Waals surface area contributed by atoms with Gasteiger partial charge >= 0.3 is 6.01 Å². The molecule has 1 aromatic heterocycles. The molecule has 9 nitrogen and oxygen atoms in total. The molecule has 0 N–H and O–H groups in total. The molecule has 0 unspecified atom stereocenters. The molecule has 2 aromatic carbocycles. The summed E-state index contributed by atoms with van der Waals surface area (Å²) in [6, 6.07) is 15.2. The summed E-state index contributed by atoms with van der Waals surface area (Å²) in [5, 5.41) is 12.6. The summed E-state index contributed by atoms with van der Waals surface area (Å²) in [4.78, 5) is 32.2. The largest absolute Gasteiger partial charge is 0.462 e. The average molecular weight is 626 g/mol. The number of likely N-dealkylation sites (N-methyl/N-ethyl adjacent to an activating group) is 1. The van der Waals surface area contributed by atoms with Gasteiger partial charge in [0.25, 0.3) is 0 Å². The van der Waals surface area contributed by atoms with E-state index in [1.807, 2.05) is 17.0 Å². The van der Waals surface area contributed by atoms with E-state index < -0.39 is 0 Å². The summed E-state index contributed by atoms with van der Waals surface area (Å²) in [6.45, 7) is 8.81. The van der Waals surface area contributed by atoms with E-state index >= 15 is 0 Å². The number of rotatable bonds is 8. The standard InChI is InChI=1S/C35H40ClN7O2/c1-23(24-11-12-24)34(44)43-19-18-42(20-26(43)13-15-37)33-28-14-17-41(31-10-4-7-25-6-3-9-29(36)32(25)31)21-30(28)38-35(39-33)45-22-27-8-5-16-40(27)2/h3-4,6-7,9-10,24,26-27H,1,5,8,11-14,16-22H2,2H3/t26-,27-/m0/s1. The molecule has 4 heterocycles. The third-order valence-corrected chi connectivity index (χ3v) is 10.3. The molecule has 1 aliphatic carbocycles. The van der Waals surface area contributed by atoms with Crippen LogP contribution in [-0.2, 0) is 17.8 Å². The number of aromatic nitrogens is 2. The molecule has 2 saturated heterocycles. The highest BCUT2D eigenvalue weighted by atomic mass is 35.5. The van der Waals surface area contributed by atoms with Crippen LogP contribution in [-0.4, -0.2) is 84.1 Å². The Morgan fingerprint density at radius 3 is 2.64 bits per heavy atom. The van der Waals surface area contributed by atoms with Crippen LogP contribution in [0.25, 0.3) is 10.8 Å². The third kappa shape index (κ3) is 5.94. The van der Waals surface area contributed by atoms with Crippen LogP contribution < -0.4 is 14.5 Å². The number of piperazine rings is 1. The van der Waals surface area contributed by atoms with E-state index in [0.29, 0.717) is 56.3 Å². The summed E-state index contributed by atoms with van der Waals surface area (Å²) < 4.78 is 6.33. The molecule has 0 bridgehead atoms. The molecule has 0 radical (unpaired) electrons. The van der Waals surface area contributed by atoms with Crippen LogP contribution in [0.5, 0.6) is 6.01 Å². The van der Waals surface area contributed by atoms with E-state index in [-0.39, 0.29) is 18.4 Å². The lowest BCUT2D eigenvalue weighted by molar-refractivity contribution is -0.130. The zero-order chi connectivity index (χ0) is 31.1. The molecule has 10 heteroatoms. The van der Waals surface area contributed by atoms with Crippen molar-refractivity contribution in [1.29, 1.82) is 5.26 Å². The molecule has 45 heavy (non-hydrogen) atoms. The Morgan fingerprint density at radius 2 is 1.89 bits per heavy atom. The molecule has 2 atom stereocenters. The van der Waals surface area contributed by atoms with Gasteiger partial charge in [-0.3, -0.25) is 4.79 Å². The van der Waals surface area contributed by atoms with E-state index in [0.717, 1.165) is 77.3 Å². The number of benzene rings is 2. The molecule has 4 aliphatic rings. The maximum absolute atomic E-state index is 13.4. The Hall–Kier alpha value is -3.87. The van der Waals surface area contributed by atoms with Crippen molar-refractivity contribution < 1.29 is 9.53 Å². The zero-order valence-corrected chi connectivity index (χ0v) is 26.7. The van der Waals surface area contributed by atoms with Crippen LogP contribution in [0.15, 0.2) is 48.6 Å². The smallest absolute Gasteiger partial charge is 0.318 e. The van der Waals surface area contributed by atoms with Crippen LogP contribution >= 0.6 is 11.6 Å². The lowest BCUT2D eigenvalue weighted by atomic mass is 10.0. The van der Waals surface area contributed by atoms with Gasteiger partial charge in [-0.15, -0.1) is 0 Å². The summed E-state index contributed by atoms with van der Waals surface area (Å²) in [5.41, 5.74) is 3.84. The average Bonchev–Trinajstić information content (AvgIpc) is 3.83. The lowest BCUT2D eigenvalue weighted by Gasteiger charge is -2.42. The normalized spacial score (nSPS) is 21.9. The van der Waals surface area contributed by atoms with Gasteiger partial charge in [0.2, 0.25) is 5.91 Å². The van der Waals surface area contributed by atoms with E-state index in [2.05, 4.69) is 58.7 Å². The predicted octanol–water partition coefficient (Wildman–Crippen LogP) is 5.22. The fraction of sp³-hybridized carbons (Fsp3) is 0.486. The summed E-state index contributed by atoms with van der Waals surface area (Å²) in [6.07, 6.45) is 5.35. The second-order valence-corrected chi connectivity index (χ2v) is 13.3. The fourth-order valence-electron chi connectivity index (χ4n) is 7.21. The van der Waals surface area contributed by atoms with Crippen LogP contribution in [0, 0.1) is 17.2 Å². The van der Waals surface area contributed by atoms with Gasteiger partial charge in [-0.05, 0) is 69.1 Å². The van der Waals surface area contributed by atoms with Crippen molar-refractivity contribution in [2.45, 2.75) is 57.2 Å². The molecule has 1 amide bonds. The molecule has 234 valence electrons. The number of amides is 1. The van der Waals surface area contributed by atoms with Crippen molar-refractivity contribution in [1.82, 2.24) is 19.8 Å². The number of halogens is 1. The number of carbonyl (C=O) groups excluding carboxylic acids is 1. The molecule has 3 fully saturated rings. The highest BCUT2D eigenvalue weighted by molar-refractivity contribution is 6.36. The van der Waals surface area contributed by atoms with E-state index in [1.54, 1.807) is 0 Å². The minimum atomic E-state index is -0.230. The fourth-order valence-corrected chi connectivity index (χ4v) is 7.49. The molecular formula is C35H40ClN7O2. The lowest BCUT2D eigenvalue weighted by Crippen LogP contribution is -2.56. The quantitative estimate of drug-likeness (QED) is 0.315. The number of hydrogen-bond donors (Lipinski definition) is 0. The van der Waals surface area contributed by atoms with Gasteiger partial charge in [-0.2, -0.15) is 15.2 Å². The van der Waals surface area contributed by atoms with Gasteiger partial charge in [0, 0.05) is 54.4 Å². The monoisotopic (exact) mass is 625 g/mol. The van der Waals surface area contributed by atoms with Gasteiger partial charge in [0.15, 0.2) is 0 Å². The number of anilines is 2. The summed E-state index contributed by atoms with van der Waals surface area (Å²) in [7, 11) is 2.14. The topological polar surface area (TPSA) is 88.8 Å². The highest BCUT2D eigenvalue weighted by Gasteiger charge is 2.38. The third-order valence-electron chi connectivity index (χ3n) is 9.99. The van der Waals surface area contributed by atoms with Gasteiger partial charge in [-0.1, -0.05) is 42.4 Å². The first-order valence-electron chi connectivity index (χ1n) is 16.2. The molecule has 0 spiro atoms. The number of likely N-dealkylation sites (tertiary alicyclic amines) is 1. The van der Waals surface area contributed by atoms with Crippen molar-refractivity contribution in [2.75, 3.05) is 56.2 Å². The maximum atomic E-state index is 13.4. The van der Waals surface area contributed by atoms with Crippen LogP contribution in [0.3, 0.4) is 0 Å². The molecule has 1 saturated carbocycles. The van der Waals surface area contributed by atoms with Crippen LogP contribution in [0.1, 0.15) is 43.4 Å². The Balaban J connectivity index is 1.20. The van der Waals surface area contributed by atoms with E-state index in [1.165, 1.54) is 6.42 Å². The second-order valence-electron chi connectivity index (χ2n) is 12.9. The Bertz CT molecular complexity index is 1660. The van der Waals surface area contributed by atoms with Crippen molar-refractivity contribution >= 4 is 39.8 Å². The first-order valence-corrected chi connectivity index (χ1v) is 16.6. The Morgan fingerprint density at radius 1 is 1.07 bits per heavy atom. The molecular weight excluding hydrogens is 586 g/mol. The minimum Gasteiger partial charge on any atom is -0.462 e. The van der Waals surface area contributed by atoms with Gasteiger partial charge in [0.1, 0.15) is 12.4 Å². The first kappa shape index (κ1) is 29.8. The number of nitriles is 1. The van der Waals surface area contributed by atoms with Crippen molar-refractivity contribution in [3.63, 3.8) is 0 Å².